The number of oxazole rings is 1. The highest BCUT2D eigenvalue weighted by Crippen LogP contribution is 2.22. The topological polar surface area (TPSA) is 58.4 Å². The highest BCUT2D eigenvalue weighted by atomic mass is 16.3. The standard InChI is InChI=1S/C20H21N3O2/c1-14-21-18-12-15(4-9-19(18)25-14)13-20(24)22-16-5-7-17(8-6-16)23-10-2-3-11-23/h4-9,12H,2-3,10-11,13H2,1H3,(H,22,24). The second kappa shape index (κ2) is 6.59. The molecule has 128 valence electrons. The molecular formula is C20H21N3O2. The molecule has 4 rings (SSSR count). The maximum Gasteiger partial charge on any atom is 0.228 e. The van der Waals surface area contributed by atoms with Crippen molar-refractivity contribution < 1.29 is 9.21 Å². The van der Waals surface area contributed by atoms with E-state index in [1.165, 1.54) is 18.5 Å². The lowest BCUT2D eigenvalue weighted by atomic mass is 10.1. The van der Waals surface area contributed by atoms with E-state index in [-0.39, 0.29) is 5.91 Å². The lowest BCUT2D eigenvalue weighted by Crippen LogP contribution is -2.18. The van der Waals surface area contributed by atoms with Crippen LogP contribution in [-0.2, 0) is 11.2 Å². The van der Waals surface area contributed by atoms with Crippen LogP contribution < -0.4 is 10.2 Å². The van der Waals surface area contributed by atoms with Crippen LogP contribution in [0.1, 0.15) is 24.3 Å². The number of anilines is 2. The number of rotatable bonds is 4. The Bertz CT molecular complexity index is 893. The largest absolute Gasteiger partial charge is 0.441 e. The minimum Gasteiger partial charge on any atom is -0.441 e. The van der Waals surface area contributed by atoms with Gasteiger partial charge in [0.25, 0.3) is 0 Å². The smallest absolute Gasteiger partial charge is 0.228 e. The van der Waals surface area contributed by atoms with Crippen LogP contribution in [0.25, 0.3) is 11.1 Å². The van der Waals surface area contributed by atoms with Crippen molar-refractivity contribution in [3.8, 4) is 0 Å². The Labute approximate surface area is 146 Å². The van der Waals surface area contributed by atoms with E-state index >= 15 is 0 Å². The van der Waals surface area contributed by atoms with Crippen molar-refractivity contribution in [3.05, 3.63) is 53.9 Å². The molecule has 1 aromatic heterocycles. The number of carbonyl (C=O) groups excluding carboxylic acids is 1. The summed E-state index contributed by atoms with van der Waals surface area (Å²) in [6, 6.07) is 13.8. The van der Waals surface area contributed by atoms with Gasteiger partial charge < -0.3 is 14.6 Å². The number of aryl methyl sites for hydroxylation is 1. The second-order valence-corrected chi connectivity index (χ2v) is 6.50. The fourth-order valence-electron chi connectivity index (χ4n) is 3.32. The minimum absolute atomic E-state index is 0.0338. The zero-order chi connectivity index (χ0) is 17.2. The third-order valence-electron chi connectivity index (χ3n) is 4.55. The first-order valence-corrected chi connectivity index (χ1v) is 8.68. The predicted molar refractivity (Wildman–Crippen MR) is 99.0 cm³/mol. The molecule has 0 radical (unpaired) electrons. The number of hydrogen-bond donors (Lipinski definition) is 1. The molecule has 1 aliphatic heterocycles. The van der Waals surface area contributed by atoms with Gasteiger partial charge in [-0.05, 0) is 54.8 Å². The van der Waals surface area contributed by atoms with Gasteiger partial charge >= 0.3 is 0 Å². The quantitative estimate of drug-likeness (QED) is 0.785. The molecule has 3 aromatic rings. The molecule has 1 amide bonds. The summed E-state index contributed by atoms with van der Waals surface area (Å²) in [5, 5.41) is 2.96. The summed E-state index contributed by atoms with van der Waals surface area (Å²) in [4.78, 5) is 19.0. The first-order valence-electron chi connectivity index (χ1n) is 8.68. The van der Waals surface area contributed by atoms with Crippen molar-refractivity contribution in [2.45, 2.75) is 26.2 Å². The van der Waals surface area contributed by atoms with Crippen LogP contribution in [-0.4, -0.2) is 24.0 Å². The number of hydrogen-bond acceptors (Lipinski definition) is 4. The molecule has 2 aromatic carbocycles. The van der Waals surface area contributed by atoms with Crippen molar-refractivity contribution >= 4 is 28.4 Å². The van der Waals surface area contributed by atoms with Crippen molar-refractivity contribution in [2.24, 2.45) is 0 Å². The van der Waals surface area contributed by atoms with Gasteiger partial charge in [0.15, 0.2) is 11.5 Å². The van der Waals surface area contributed by atoms with Crippen molar-refractivity contribution in [1.29, 1.82) is 0 Å². The number of amides is 1. The molecule has 1 N–H and O–H groups in total. The Hall–Kier alpha value is -2.82. The first kappa shape index (κ1) is 15.7. The lowest BCUT2D eigenvalue weighted by molar-refractivity contribution is -0.115. The SMILES string of the molecule is Cc1nc2cc(CC(=O)Nc3ccc(N4CCCC4)cc3)ccc2o1. The van der Waals surface area contributed by atoms with Gasteiger partial charge in [-0.25, -0.2) is 4.98 Å². The maximum atomic E-state index is 12.3. The molecule has 25 heavy (non-hydrogen) atoms. The lowest BCUT2D eigenvalue weighted by Gasteiger charge is -2.17. The van der Waals surface area contributed by atoms with Gasteiger partial charge in [0, 0.05) is 31.4 Å². The molecule has 5 heteroatoms. The highest BCUT2D eigenvalue weighted by molar-refractivity contribution is 5.93. The second-order valence-electron chi connectivity index (χ2n) is 6.50. The normalized spacial score (nSPS) is 14.2. The monoisotopic (exact) mass is 335 g/mol. The summed E-state index contributed by atoms with van der Waals surface area (Å²) in [5.41, 5.74) is 4.51. The minimum atomic E-state index is -0.0338. The van der Waals surface area contributed by atoms with E-state index in [2.05, 4.69) is 27.3 Å². The maximum absolute atomic E-state index is 12.3. The van der Waals surface area contributed by atoms with Crippen LogP contribution in [0.3, 0.4) is 0 Å². The summed E-state index contributed by atoms with van der Waals surface area (Å²) in [6.07, 6.45) is 2.83. The molecule has 5 nitrogen and oxygen atoms in total. The summed E-state index contributed by atoms with van der Waals surface area (Å²) in [7, 11) is 0. The number of aromatic nitrogens is 1. The molecule has 1 saturated heterocycles. The van der Waals surface area contributed by atoms with E-state index in [0.717, 1.165) is 35.4 Å². The van der Waals surface area contributed by atoms with Crippen LogP contribution >= 0.6 is 0 Å². The Balaban J connectivity index is 1.40. The fourth-order valence-corrected chi connectivity index (χ4v) is 3.32. The molecular weight excluding hydrogens is 314 g/mol. The number of carbonyl (C=O) groups is 1. The van der Waals surface area contributed by atoms with Crippen molar-refractivity contribution in [1.82, 2.24) is 4.98 Å². The Morgan fingerprint density at radius 2 is 1.92 bits per heavy atom. The van der Waals surface area contributed by atoms with Gasteiger partial charge in [0.2, 0.25) is 5.91 Å². The zero-order valence-corrected chi connectivity index (χ0v) is 14.3. The Morgan fingerprint density at radius 1 is 1.16 bits per heavy atom. The van der Waals surface area contributed by atoms with Gasteiger partial charge in [0.05, 0.1) is 6.42 Å². The van der Waals surface area contributed by atoms with Crippen LogP contribution in [0.15, 0.2) is 46.9 Å². The number of fused-ring (bicyclic) bond motifs is 1. The van der Waals surface area contributed by atoms with Gasteiger partial charge in [-0.3, -0.25) is 4.79 Å². The van der Waals surface area contributed by atoms with E-state index in [1.807, 2.05) is 37.3 Å². The number of benzene rings is 2. The highest BCUT2D eigenvalue weighted by Gasteiger charge is 2.12. The summed E-state index contributed by atoms with van der Waals surface area (Å²) in [5.74, 6) is 0.600. The summed E-state index contributed by atoms with van der Waals surface area (Å²) in [6.45, 7) is 4.06. The van der Waals surface area contributed by atoms with Gasteiger partial charge in [-0.2, -0.15) is 0 Å². The molecule has 0 aliphatic carbocycles. The molecule has 2 heterocycles. The third-order valence-corrected chi connectivity index (χ3v) is 4.55. The fraction of sp³-hybridized carbons (Fsp3) is 0.300. The average Bonchev–Trinajstić information content (AvgIpc) is 3.23. The molecule has 1 aliphatic rings. The average molecular weight is 335 g/mol. The van der Waals surface area contributed by atoms with Crippen LogP contribution in [0, 0.1) is 6.92 Å². The van der Waals surface area contributed by atoms with Crippen LogP contribution in [0.2, 0.25) is 0 Å². The Kier molecular flexibility index (Phi) is 4.14. The first-order chi connectivity index (χ1) is 12.2. The predicted octanol–water partition coefficient (Wildman–Crippen LogP) is 3.92. The molecule has 1 fully saturated rings. The summed E-state index contributed by atoms with van der Waals surface area (Å²) < 4.78 is 5.46. The van der Waals surface area contributed by atoms with Crippen LogP contribution in [0.5, 0.6) is 0 Å². The van der Waals surface area contributed by atoms with E-state index in [4.69, 9.17) is 4.42 Å². The molecule has 0 saturated carbocycles. The van der Waals surface area contributed by atoms with Crippen LogP contribution in [0.4, 0.5) is 11.4 Å². The summed E-state index contributed by atoms with van der Waals surface area (Å²) >= 11 is 0. The van der Waals surface area contributed by atoms with Gasteiger partial charge in [0.1, 0.15) is 5.52 Å². The van der Waals surface area contributed by atoms with E-state index in [0.29, 0.717) is 12.3 Å². The Morgan fingerprint density at radius 3 is 2.68 bits per heavy atom. The van der Waals surface area contributed by atoms with Crippen molar-refractivity contribution in [3.63, 3.8) is 0 Å². The molecule has 0 bridgehead atoms. The number of nitrogens with one attached hydrogen (secondary N) is 1. The van der Waals surface area contributed by atoms with E-state index in [9.17, 15) is 4.79 Å². The molecule has 0 atom stereocenters. The number of nitrogens with zero attached hydrogens (tertiary/aromatic N) is 2. The third kappa shape index (κ3) is 3.50. The van der Waals surface area contributed by atoms with Crippen molar-refractivity contribution in [2.75, 3.05) is 23.3 Å². The van der Waals surface area contributed by atoms with Gasteiger partial charge in [-0.15, -0.1) is 0 Å². The molecule has 0 unspecified atom stereocenters. The zero-order valence-electron chi connectivity index (χ0n) is 14.3. The van der Waals surface area contributed by atoms with Gasteiger partial charge in [-0.1, -0.05) is 6.07 Å². The van der Waals surface area contributed by atoms with E-state index in [1.54, 1.807) is 0 Å². The van der Waals surface area contributed by atoms with E-state index < -0.39 is 0 Å². The molecule has 0 spiro atoms.